The van der Waals surface area contributed by atoms with Crippen LogP contribution in [0.3, 0.4) is 0 Å². The van der Waals surface area contributed by atoms with Gasteiger partial charge in [0.1, 0.15) is 0 Å². The minimum absolute atomic E-state index is 0.0137. The zero-order valence-corrected chi connectivity index (χ0v) is 12.9. The lowest BCUT2D eigenvalue weighted by atomic mass is 10.0. The van der Waals surface area contributed by atoms with Crippen molar-refractivity contribution in [2.75, 3.05) is 19.8 Å². The molecular weight excluding hydrogens is 327 g/mol. The molecule has 2 rings (SSSR count). The molecule has 1 heterocycles. The van der Waals surface area contributed by atoms with E-state index in [0.717, 1.165) is 24.3 Å². The van der Waals surface area contributed by atoms with Gasteiger partial charge in [-0.05, 0) is 37.1 Å². The van der Waals surface area contributed by atoms with E-state index in [9.17, 15) is 22.8 Å². The Kier molecular flexibility index (Phi) is 5.82. The molecule has 5 nitrogen and oxygen atoms in total. The van der Waals surface area contributed by atoms with Crippen LogP contribution in [0.2, 0.25) is 0 Å². The van der Waals surface area contributed by atoms with Crippen LogP contribution >= 0.6 is 0 Å². The van der Waals surface area contributed by atoms with Gasteiger partial charge in [0.15, 0.2) is 0 Å². The minimum atomic E-state index is -4.47. The quantitative estimate of drug-likeness (QED) is 0.891. The number of carboxylic acid groups (broad SMARTS) is 1. The molecule has 0 unspecified atom stereocenters. The van der Waals surface area contributed by atoms with E-state index < -0.39 is 23.6 Å². The Hall–Kier alpha value is -2.09. The Balaban J connectivity index is 2.17. The highest BCUT2D eigenvalue weighted by Gasteiger charge is 2.31. The largest absolute Gasteiger partial charge is 0.481 e. The van der Waals surface area contributed by atoms with Gasteiger partial charge in [-0.1, -0.05) is 0 Å². The van der Waals surface area contributed by atoms with Gasteiger partial charge in [0.05, 0.1) is 12.0 Å². The normalized spacial score (nSPS) is 16.0. The molecule has 8 heteroatoms. The molecule has 1 aliphatic heterocycles. The molecule has 132 valence electrons. The maximum Gasteiger partial charge on any atom is 0.416 e. The van der Waals surface area contributed by atoms with Gasteiger partial charge in [0.2, 0.25) is 0 Å². The summed E-state index contributed by atoms with van der Waals surface area (Å²) in [5.74, 6) is -1.50. The molecule has 1 aromatic carbocycles. The van der Waals surface area contributed by atoms with Gasteiger partial charge in [-0.15, -0.1) is 0 Å². The standard InChI is InChI=1S/C16H18F3NO4/c17-16(18,19)12-3-1-11(2-4-12)15(23)20(8-5-14(21)22)13-6-9-24-10-7-13/h1-4,13H,5-10H2,(H,21,22). The van der Waals surface area contributed by atoms with Crippen molar-refractivity contribution < 1.29 is 32.6 Å². The number of aliphatic carboxylic acids is 1. The highest BCUT2D eigenvalue weighted by Crippen LogP contribution is 2.29. The number of carbonyl (C=O) groups excluding carboxylic acids is 1. The van der Waals surface area contributed by atoms with Crippen LogP contribution < -0.4 is 0 Å². The second-order valence-corrected chi connectivity index (χ2v) is 5.56. The second kappa shape index (κ2) is 7.65. The highest BCUT2D eigenvalue weighted by atomic mass is 19.4. The van der Waals surface area contributed by atoms with Crippen LogP contribution in [0.1, 0.15) is 35.2 Å². The third-order valence-electron chi connectivity index (χ3n) is 3.92. The third-order valence-corrected chi connectivity index (χ3v) is 3.92. The zero-order chi connectivity index (χ0) is 17.7. The molecule has 0 saturated carbocycles. The van der Waals surface area contributed by atoms with E-state index in [1.54, 1.807) is 0 Å². The lowest BCUT2D eigenvalue weighted by molar-refractivity contribution is -0.138. The molecule has 0 atom stereocenters. The Bertz CT molecular complexity index is 580. The number of carboxylic acids is 1. The molecule has 0 aromatic heterocycles. The molecule has 0 bridgehead atoms. The van der Waals surface area contributed by atoms with Crippen molar-refractivity contribution in [3.63, 3.8) is 0 Å². The van der Waals surface area contributed by atoms with Gasteiger partial charge in [-0.2, -0.15) is 13.2 Å². The number of hydrogen-bond acceptors (Lipinski definition) is 3. The van der Waals surface area contributed by atoms with E-state index in [0.29, 0.717) is 26.1 Å². The molecule has 0 spiro atoms. The Labute approximate surface area is 137 Å². The summed E-state index contributed by atoms with van der Waals surface area (Å²) in [4.78, 5) is 24.9. The minimum Gasteiger partial charge on any atom is -0.481 e. The topological polar surface area (TPSA) is 66.8 Å². The van der Waals surface area contributed by atoms with Gasteiger partial charge >= 0.3 is 12.1 Å². The maximum atomic E-state index is 12.6. The van der Waals surface area contributed by atoms with Crippen LogP contribution in [0, 0.1) is 0 Å². The first-order chi connectivity index (χ1) is 11.3. The first-order valence-corrected chi connectivity index (χ1v) is 7.57. The first-order valence-electron chi connectivity index (χ1n) is 7.57. The molecule has 1 aliphatic rings. The fourth-order valence-electron chi connectivity index (χ4n) is 2.63. The average molecular weight is 345 g/mol. The van der Waals surface area contributed by atoms with E-state index >= 15 is 0 Å². The third kappa shape index (κ3) is 4.70. The van der Waals surface area contributed by atoms with Crippen molar-refractivity contribution in [1.82, 2.24) is 4.90 Å². The van der Waals surface area contributed by atoms with Crippen molar-refractivity contribution in [2.45, 2.75) is 31.5 Å². The van der Waals surface area contributed by atoms with Crippen molar-refractivity contribution >= 4 is 11.9 Å². The van der Waals surface area contributed by atoms with Crippen LogP contribution in [0.4, 0.5) is 13.2 Å². The SMILES string of the molecule is O=C(O)CCN(C(=O)c1ccc(C(F)(F)F)cc1)C1CCOCC1. The van der Waals surface area contributed by atoms with Crippen LogP contribution in [-0.2, 0) is 15.7 Å². The number of benzene rings is 1. The van der Waals surface area contributed by atoms with Crippen molar-refractivity contribution in [3.05, 3.63) is 35.4 Å². The van der Waals surface area contributed by atoms with Crippen molar-refractivity contribution in [3.8, 4) is 0 Å². The number of hydrogen-bond donors (Lipinski definition) is 1. The van der Waals surface area contributed by atoms with Gasteiger partial charge in [-0.25, -0.2) is 0 Å². The summed E-state index contributed by atoms with van der Waals surface area (Å²) in [6.45, 7) is 0.947. The van der Waals surface area contributed by atoms with Gasteiger partial charge < -0.3 is 14.7 Å². The van der Waals surface area contributed by atoms with Gasteiger partial charge in [-0.3, -0.25) is 9.59 Å². The molecule has 24 heavy (non-hydrogen) atoms. The Morgan fingerprint density at radius 3 is 2.25 bits per heavy atom. The van der Waals surface area contributed by atoms with E-state index in [2.05, 4.69) is 0 Å². The van der Waals surface area contributed by atoms with E-state index in [1.165, 1.54) is 4.90 Å². The number of halogens is 3. The van der Waals surface area contributed by atoms with E-state index in [-0.39, 0.29) is 24.6 Å². The Morgan fingerprint density at radius 1 is 1.17 bits per heavy atom. The lowest BCUT2D eigenvalue weighted by Crippen LogP contribution is -2.44. The molecule has 1 aromatic rings. The summed E-state index contributed by atoms with van der Waals surface area (Å²) in [6.07, 6.45) is -3.53. The molecule has 1 fully saturated rings. The number of amides is 1. The lowest BCUT2D eigenvalue weighted by Gasteiger charge is -2.34. The predicted octanol–water partition coefficient (Wildman–Crippen LogP) is 2.80. The van der Waals surface area contributed by atoms with Crippen LogP contribution in [-0.4, -0.2) is 47.7 Å². The van der Waals surface area contributed by atoms with Crippen LogP contribution in [0.25, 0.3) is 0 Å². The van der Waals surface area contributed by atoms with Crippen LogP contribution in [0.5, 0.6) is 0 Å². The summed E-state index contributed by atoms with van der Waals surface area (Å²) >= 11 is 0. The molecule has 0 aliphatic carbocycles. The number of carbonyl (C=O) groups is 2. The highest BCUT2D eigenvalue weighted by molar-refractivity contribution is 5.94. The van der Waals surface area contributed by atoms with Crippen molar-refractivity contribution in [1.29, 1.82) is 0 Å². The fraction of sp³-hybridized carbons (Fsp3) is 0.500. The summed E-state index contributed by atoms with van der Waals surface area (Å²) < 4.78 is 43.1. The predicted molar refractivity (Wildman–Crippen MR) is 78.6 cm³/mol. The van der Waals surface area contributed by atoms with E-state index in [4.69, 9.17) is 9.84 Å². The Morgan fingerprint density at radius 2 is 1.75 bits per heavy atom. The second-order valence-electron chi connectivity index (χ2n) is 5.56. The summed E-state index contributed by atoms with van der Waals surface area (Å²) in [6, 6.07) is 3.78. The first kappa shape index (κ1) is 18.3. The maximum absolute atomic E-state index is 12.6. The molecule has 1 N–H and O–H groups in total. The fourth-order valence-corrected chi connectivity index (χ4v) is 2.63. The molecule has 1 amide bonds. The summed E-state index contributed by atoms with van der Waals surface area (Å²) in [5.41, 5.74) is -0.720. The number of alkyl halides is 3. The number of ether oxygens (including phenoxy) is 1. The molecular formula is C16H18F3NO4. The van der Waals surface area contributed by atoms with Crippen molar-refractivity contribution in [2.24, 2.45) is 0 Å². The van der Waals surface area contributed by atoms with Crippen LogP contribution in [0.15, 0.2) is 24.3 Å². The molecule has 0 radical (unpaired) electrons. The summed E-state index contributed by atoms with van der Waals surface area (Å²) in [7, 11) is 0. The summed E-state index contributed by atoms with van der Waals surface area (Å²) in [5, 5.41) is 8.85. The number of rotatable bonds is 5. The van der Waals surface area contributed by atoms with Gasteiger partial charge in [0.25, 0.3) is 5.91 Å². The van der Waals surface area contributed by atoms with E-state index in [1.807, 2.05) is 0 Å². The monoisotopic (exact) mass is 345 g/mol. The molecule has 1 saturated heterocycles. The average Bonchev–Trinajstić information content (AvgIpc) is 2.55. The zero-order valence-electron chi connectivity index (χ0n) is 12.9. The van der Waals surface area contributed by atoms with Gasteiger partial charge in [0, 0.05) is 31.4 Å². The number of nitrogens with zero attached hydrogens (tertiary/aromatic N) is 1. The smallest absolute Gasteiger partial charge is 0.416 e.